The molecule has 1 aromatic carbocycles. The third-order valence-electron chi connectivity index (χ3n) is 3.49. The molecule has 0 aliphatic carbocycles. The van der Waals surface area contributed by atoms with E-state index in [1.807, 2.05) is 20.8 Å². The third kappa shape index (κ3) is 3.81. The van der Waals surface area contributed by atoms with Crippen molar-refractivity contribution in [1.29, 1.82) is 0 Å². The van der Waals surface area contributed by atoms with Crippen molar-refractivity contribution < 1.29 is 4.79 Å². The highest BCUT2D eigenvalue weighted by molar-refractivity contribution is 5.76. The van der Waals surface area contributed by atoms with Gasteiger partial charge in [-0.2, -0.15) is 0 Å². The van der Waals surface area contributed by atoms with Crippen LogP contribution in [0.3, 0.4) is 0 Å². The highest BCUT2D eigenvalue weighted by Crippen LogP contribution is 2.18. The quantitative estimate of drug-likeness (QED) is 0.937. The van der Waals surface area contributed by atoms with E-state index in [-0.39, 0.29) is 24.1 Å². The van der Waals surface area contributed by atoms with Gasteiger partial charge < -0.3 is 9.88 Å². The van der Waals surface area contributed by atoms with Crippen LogP contribution in [0.4, 0.5) is 0 Å². The monoisotopic (exact) mass is 284 g/mol. The number of rotatable bonds is 4. The van der Waals surface area contributed by atoms with Crippen LogP contribution in [0.1, 0.15) is 29.7 Å². The van der Waals surface area contributed by atoms with Gasteiger partial charge in [0.15, 0.2) is 0 Å². The SMILES string of the molecule is Cc1ccc(C)c([C@H](C)NC(=O)Cn2ccccc2=O)c1. The molecule has 0 aliphatic rings. The summed E-state index contributed by atoms with van der Waals surface area (Å²) in [6, 6.07) is 10.9. The average Bonchev–Trinajstić information content (AvgIpc) is 2.44. The van der Waals surface area contributed by atoms with Crippen LogP contribution in [0.5, 0.6) is 0 Å². The number of benzene rings is 1. The largest absolute Gasteiger partial charge is 0.348 e. The molecule has 0 aliphatic heterocycles. The Morgan fingerprint density at radius 1 is 1.24 bits per heavy atom. The van der Waals surface area contributed by atoms with Crippen molar-refractivity contribution in [2.24, 2.45) is 0 Å². The van der Waals surface area contributed by atoms with Gasteiger partial charge in [-0.3, -0.25) is 9.59 Å². The molecule has 1 heterocycles. The topological polar surface area (TPSA) is 51.1 Å². The van der Waals surface area contributed by atoms with E-state index in [2.05, 4.69) is 23.5 Å². The number of pyridine rings is 1. The highest BCUT2D eigenvalue weighted by Gasteiger charge is 2.12. The summed E-state index contributed by atoms with van der Waals surface area (Å²) >= 11 is 0. The van der Waals surface area contributed by atoms with Crippen molar-refractivity contribution in [2.45, 2.75) is 33.4 Å². The molecule has 0 unspecified atom stereocenters. The number of hydrogen-bond donors (Lipinski definition) is 1. The highest BCUT2D eigenvalue weighted by atomic mass is 16.2. The fourth-order valence-electron chi connectivity index (χ4n) is 2.34. The molecule has 0 fully saturated rings. The minimum Gasteiger partial charge on any atom is -0.348 e. The summed E-state index contributed by atoms with van der Waals surface area (Å²) in [6.45, 7) is 6.04. The van der Waals surface area contributed by atoms with Gasteiger partial charge in [0.1, 0.15) is 6.54 Å². The first-order valence-corrected chi connectivity index (χ1v) is 6.99. The number of aryl methyl sites for hydroxylation is 2. The van der Waals surface area contributed by atoms with Crippen LogP contribution in [0, 0.1) is 13.8 Å². The first-order valence-electron chi connectivity index (χ1n) is 6.99. The first kappa shape index (κ1) is 15.0. The van der Waals surface area contributed by atoms with Crippen LogP contribution in [0.15, 0.2) is 47.4 Å². The van der Waals surface area contributed by atoms with Crippen LogP contribution in [-0.2, 0) is 11.3 Å². The second-order valence-corrected chi connectivity index (χ2v) is 5.32. The predicted molar refractivity (Wildman–Crippen MR) is 83.2 cm³/mol. The van der Waals surface area contributed by atoms with Crippen molar-refractivity contribution >= 4 is 5.91 Å². The number of carbonyl (C=O) groups excluding carboxylic acids is 1. The van der Waals surface area contributed by atoms with E-state index in [1.165, 1.54) is 10.6 Å². The Labute approximate surface area is 124 Å². The minimum atomic E-state index is -0.174. The molecule has 0 saturated carbocycles. The predicted octanol–water partition coefficient (Wildman–Crippen LogP) is 2.34. The molecule has 1 N–H and O–H groups in total. The molecule has 110 valence electrons. The summed E-state index contributed by atoms with van der Waals surface area (Å²) < 4.78 is 1.39. The summed E-state index contributed by atoms with van der Waals surface area (Å²) in [5, 5.41) is 2.94. The molecule has 4 nitrogen and oxygen atoms in total. The van der Waals surface area contributed by atoms with E-state index in [1.54, 1.807) is 18.3 Å². The Balaban J connectivity index is 2.07. The van der Waals surface area contributed by atoms with Gasteiger partial charge in [-0.15, -0.1) is 0 Å². The van der Waals surface area contributed by atoms with Crippen molar-refractivity contribution in [3.05, 3.63) is 69.6 Å². The van der Waals surface area contributed by atoms with Gasteiger partial charge in [0.25, 0.3) is 5.56 Å². The molecule has 0 saturated heterocycles. The van der Waals surface area contributed by atoms with E-state index in [0.717, 1.165) is 16.7 Å². The number of amides is 1. The lowest BCUT2D eigenvalue weighted by atomic mass is 10.00. The number of aromatic nitrogens is 1. The Bertz CT molecular complexity index is 704. The maximum Gasteiger partial charge on any atom is 0.250 e. The Morgan fingerprint density at radius 3 is 2.71 bits per heavy atom. The number of hydrogen-bond acceptors (Lipinski definition) is 2. The summed E-state index contributed by atoms with van der Waals surface area (Å²) in [4.78, 5) is 23.7. The van der Waals surface area contributed by atoms with Gasteiger partial charge in [-0.1, -0.05) is 29.8 Å². The molecule has 1 aromatic heterocycles. The lowest BCUT2D eigenvalue weighted by Gasteiger charge is -2.17. The van der Waals surface area contributed by atoms with Gasteiger partial charge >= 0.3 is 0 Å². The van der Waals surface area contributed by atoms with Crippen molar-refractivity contribution in [1.82, 2.24) is 9.88 Å². The molecule has 2 rings (SSSR count). The molecule has 4 heteroatoms. The van der Waals surface area contributed by atoms with Crippen molar-refractivity contribution in [3.63, 3.8) is 0 Å². The normalized spacial score (nSPS) is 12.0. The Kier molecular flexibility index (Phi) is 4.58. The summed E-state index contributed by atoms with van der Waals surface area (Å²) in [5.74, 6) is -0.170. The van der Waals surface area contributed by atoms with Gasteiger partial charge in [-0.25, -0.2) is 0 Å². The lowest BCUT2D eigenvalue weighted by molar-refractivity contribution is -0.122. The zero-order valence-electron chi connectivity index (χ0n) is 12.6. The minimum absolute atomic E-state index is 0.0366. The zero-order chi connectivity index (χ0) is 15.4. The molecular formula is C17H20N2O2. The molecule has 2 aromatic rings. The van der Waals surface area contributed by atoms with Gasteiger partial charge in [0, 0.05) is 12.3 Å². The van der Waals surface area contributed by atoms with Crippen LogP contribution in [-0.4, -0.2) is 10.5 Å². The molecule has 1 atom stereocenters. The summed E-state index contributed by atoms with van der Waals surface area (Å²) in [7, 11) is 0. The molecule has 0 bridgehead atoms. The Morgan fingerprint density at radius 2 is 2.00 bits per heavy atom. The van der Waals surface area contributed by atoms with E-state index in [0.29, 0.717) is 0 Å². The fourth-order valence-corrected chi connectivity index (χ4v) is 2.34. The van der Waals surface area contributed by atoms with E-state index in [4.69, 9.17) is 0 Å². The molecule has 0 spiro atoms. The smallest absolute Gasteiger partial charge is 0.250 e. The van der Waals surface area contributed by atoms with Crippen LogP contribution < -0.4 is 10.9 Å². The Hall–Kier alpha value is -2.36. The van der Waals surface area contributed by atoms with Crippen LogP contribution in [0.2, 0.25) is 0 Å². The van der Waals surface area contributed by atoms with Gasteiger partial charge in [0.05, 0.1) is 6.04 Å². The first-order chi connectivity index (χ1) is 9.97. The average molecular weight is 284 g/mol. The lowest BCUT2D eigenvalue weighted by Crippen LogP contribution is -2.33. The molecular weight excluding hydrogens is 264 g/mol. The summed E-state index contributed by atoms with van der Waals surface area (Å²) in [6.07, 6.45) is 1.62. The zero-order valence-corrected chi connectivity index (χ0v) is 12.6. The second-order valence-electron chi connectivity index (χ2n) is 5.32. The standard InChI is InChI=1S/C17H20N2O2/c1-12-7-8-13(2)15(10-12)14(3)18-16(20)11-19-9-5-4-6-17(19)21/h4-10,14H,11H2,1-3H3,(H,18,20)/t14-/m0/s1. The molecule has 21 heavy (non-hydrogen) atoms. The number of carbonyl (C=O) groups is 1. The van der Waals surface area contributed by atoms with E-state index in [9.17, 15) is 9.59 Å². The van der Waals surface area contributed by atoms with Crippen molar-refractivity contribution in [2.75, 3.05) is 0 Å². The summed E-state index contributed by atoms with van der Waals surface area (Å²) in [5.41, 5.74) is 3.23. The third-order valence-corrected chi connectivity index (χ3v) is 3.49. The number of nitrogens with zero attached hydrogens (tertiary/aromatic N) is 1. The van der Waals surface area contributed by atoms with E-state index >= 15 is 0 Å². The van der Waals surface area contributed by atoms with Crippen molar-refractivity contribution in [3.8, 4) is 0 Å². The number of nitrogens with one attached hydrogen (secondary N) is 1. The maximum absolute atomic E-state index is 12.1. The maximum atomic E-state index is 12.1. The molecule has 0 radical (unpaired) electrons. The second kappa shape index (κ2) is 6.39. The van der Waals surface area contributed by atoms with Crippen LogP contribution in [0.25, 0.3) is 0 Å². The van der Waals surface area contributed by atoms with Gasteiger partial charge in [-0.05, 0) is 38.0 Å². The van der Waals surface area contributed by atoms with Crippen LogP contribution >= 0.6 is 0 Å². The van der Waals surface area contributed by atoms with E-state index < -0.39 is 0 Å². The van der Waals surface area contributed by atoms with Gasteiger partial charge in [0.2, 0.25) is 5.91 Å². The molecule has 1 amide bonds. The fraction of sp³-hybridized carbons (Fsp3) is 0.294.